The first-order chi connectivity index (χ1) is 15.9. The van der Waals surface area contributed by atoms with Crippen LogP contribution in [0.2, 0.25) is 0 Å². The summed E-state index contributed by atoms with van der Waals surface area (Å²) in [6, 6.07) is 13.8. The van der Waals surface area contributed by atoms with E-state index in [1.54, 1.807) is 24.3 Å². The van der Waals surface area contributed by atoms with Gasteiger partial charge in [-0.15, -0.1) is 0 Å². The van der Waals surface area contributed by atoms with Gasteiger partial charge in [0.05, 0.1) is 11.9 Å². The smallest absolute Gasteiger partial charge is 0.244 e. The van der Waals surface area contributed by atoms with E-state index >= 15 is 0 Å². The Kier molecular flexibility index (Phi) is 10.1. The van der Waals surface area contributed by atoms with Crippen LogP contribution in [0, 0.1) is 12.8 Å². The molecule has 0 aromatic heterocycles. The molecule has 0 unspecified atom stereocenters. The molecular weight excluding hydrogens is 518 g/mol. The molecule has 34 heavy (non-hydrogen) atoms. The summed E-state index contributed by atoms with van der Waals surface area (Å²) in [6.07, 6.45) is 1.46. The molecule has 2 rings (SSSR count). The topological polar surface area (TPSA) is 86.8 Å². The molecule has 0 fully saturated rings. The molecular formula is C25H34BrN3O4S. The van der Waals surface area contributed by atoms with Crippen molar-refractivity contribution < 1.29 is 18.0 Å². The molecule has 2 aromatic carbocycles. The molecule has 0 aliphatic rings. The van der Waals surface area contributed by atoms with E-state index in [2.05, 4.69) is 21.2 Å². The van der Waals surface area contributed by atoms with Gasteiger partial charge in [0, 0.05) is 17.6 Å². The molecule has 9 heteroatoms. The number of carbonyl (C=O) groups excluding carboxylic acids is 2. The predicted octanol–water partition coefficient (Wildman–Crippen LogP) is 4.10. The van der Waals surface area contributed by atoms with Crippen LogP contribution in [-0.4, -0.2) is 50.5 Å². The summed E-state index contributed by atoms with van der Waals surface area (Å²) in [5, 5.41) is 2.92. The van der Waals surface area contributed by atoms with E-state index in [1.807, 2.05) is 52.0 Å². The number of nitrogens with zero attached hydrogens (tertiary/aromatic N) is 2. The summed E-state index contributed by atoms with van der Waals surface area (Å²) in [7, 11) is -3.77. The second-order valence-corrected chi connectivity index (χ2v) is 11.6. The number of para-hydroxylation sites is 1. The van der Waals surface area contributed by atoms with Crippen molar-refractivity contribution in [1.29, 1.82) is 0 Å². The summed E-state index contributed by atoms with van der Waals surface area (Å²) in [5.74, 6) is -0.435. The second-order valence-electron chi connectivity index (χ2n) is 8.79. The zero-order chi connectivity index (χ0) is 25.5. The first kappa shape index (κ1) is 27.9. The number of hydrogen-bond donors (Lipinski definition) is 1. The fraction of sp³-hybridized carbons (Fsp3) is 0.440. The van der Waals surface area contributed by atoms with Gasteiger partial charge in [0.25, 0.3) is 0 Å². The third-order valence-corrected chi connectivity index (χ3v) is 7.14. The minimum Gasteiger partial charge on any atom is -0.354 e. The molecule has 0 saturated carbocycles. The third-order valence-electron chi connectivity index (χ3n) is 5.34. The molecule has 0 aliphatic heterocycles. The zero-order valence-electron chi connectivity index (χ0n) is 20.4. The first-order valence-corrected chi connectivity index (χ1v) is 13.9. The van der Waals surface area contributed by atoms with Gasteiger partial charge in [-0.3, -0.25) is 13.9 Å². The van der Waals surface area contributed by atoms with Crippen molar-refractivity contribution in [1.82, 2.24) is 10.2 Å². The zero-order valence-corrected chi connectivity index (χ0v) is 22.8. The molecule has 0 spiro atoms. The summed E-state index contributed by atoms with van der Waals surface area (Å²) >= 11 is 3.38. The van der Waals surface area contributed by atoms with Crippen molar-refractivity contribution >= 4 is 43.5 Å². The van der Waals surface area contributed by atoms with Gasteiger partial charge in [-0.25, -0.2) is 8.42 Å². The van der Waals surface area contributed by atoms with Crippen LogP contribution in [0.4, 0.5) is 5.69 Å². The lowest BCUT2D eigenvalue weighted by atomic mass is 10.1. The molecule has 2 amide bonds. The molecule has 0 heterocycles. The average molecular weight is 553 g/mol. The normalized spacial score (nSPS) is 12.3. The Labute approximate surface area is 211 Å². The largest absolute Gasteiger partial charge is 0.354 e. The Hall–Kier alpha value is -2.39. The maximum atomic E-state index is 13.6. The van der Waals surface area contributed by atoms with Crippen LogP contribution in [0.15, 0.2) is 53.0 Å². The van der Waals surface area contributed by atoms with Crippen LogP contribution in [0.1, 0.15) is 38.3 Å². The number of hydrogen-bond acceptors (Lipinski definition) is 4. The van der Waals surface area contributed by atoms with E-state index in [0.717, 1.165) is 21.7 Å². The van der Waals surface area contributed by atoms with Crippen LogP contribution in [-0.2, 0) is 26.2 Å². The first-order valence-electron chi connectivity index (χ1n) is 11.3. The van der Waals surface area contributed by atoms with Gasteiger partial charge >= 0.3 is 0 Å². The third kappa shape index (κ3) is 7.84. The van der Waals surface area contributed by atoms with Gasteiger partial charge < -0.3 is 10.2 Å². The number of benzene rings is 2. The summed E-state index contributed by atoms with van der Waals surface area (Å²) < 4.78 is 26.9. The van der Waals surface area contributed by atoms with E-state index < -0.39 is 28.5 Å². The SMILES string of the molecule is CC[C@@H](C(=O)NCC(C)C)N(Cc1ccc(C)cc1)C(=O)CN(c1ccccc1Br)S(C)(=O)=O. The highest BCUT2D eigenvalue weighted by atomic mass is 79.9. The molecule has 0 bridgehead atoms. The van der Waals surface area contributed by atoms with Gasteiger partial charge in [-0.1, -0.05) is 62.7 Å². The Balaban J connectivity index is 2.42. The highest BCUT2D eigenvalue weighted by Gasteiger charge is 2.32. The van der Waals surface area contributed by atoms with Gasteiger partial charge in [0.1, 0.15) is 12.6 Å². The highest BCUT2D eigenvalue weighted by molar-refractivity contribution is 9.10. The Morgan fingerprint density at radius 2 is 1.68 bits per heavy atom. The van der Waals surface area contributed by atoms with Crippen molar-refractivity contribution in [2.75, 3.05) is 23.7 Å². The lowest BCUT2D eigenvalue weighted by Crippen LogP contribution is -2.52. The highest BCUT2D eigenvalue weighted by Crippen LogP contribution is 2.28. The molecule has 1 atom stereocenters. The van der Waals surface area contributed by atoms with Crippen molar-refractivity contribution in [2.45, 2.75) is 46.7 Å². The number of sulfonamides is 1. The van der Waals surface area contributed by atoms with Gasteiger partial charge in [-0.2, -0.15) is 0 Å². The molecule has 0 aliphatic carbocycles. The summed E-state index contributed by atoms with van der Waals surface area (Å²) in [6.45, 7) is 8.09. The molecule has 186 valence electrons. The minimum absolute atomic E-state index is 0.195. The van der Waals surface area contributed by atoms with Crippen LogP contribution in [0.5, 0.6) is 0 Å². The van der Waals surface area contributed by atoms with Crippen molar-refractivity contribution in [3.05, 3.63) is 64.1 Å². The number of halogens is 1. The van der Waals surface area contributed by atoms with Crippen LogP contribution in [0.3, 0.4) is 0 Å². The van der Waals surface area contributed by atoms with E-state index in [1.165, 1.54) is 4.90 Å². The van der Waals surface area contributed by atoms with Crippen molar-refractivity contribution in [3.63, 3.8) is 0 Å². The number of rotatable bonds is 11. The fourth-order valence-electron chi connectivity index (χ4n) is 3.48. The quantitative estimate of drug-likeness (QED) is 0.455. The maximum Gasteiger partial charge on any atom is 0.244 e. The van der Waals surface area contributed by atoms with Gasteiger partial charge in [0.2, 0.25) is 21.8 Å². The minimum atomic E-state index is -3.77. The number of aryl methyl sites for hydroxylation is 1. The lowest BCUT2D eigenvalue weighted by Gasteiger charge is -2.33. The Morgan fingerprint density at radius 1 is 1.06 bits per heavy atom. The van der Waals surface area contributed by atoms with Crippen LogP contribution in [0.25, 0.3) is 0 Å². The van der Waals surface area contributed by atoms with E-state index in [4.69, 9.17) is 0 Å². The summed E-state index contributed by atoms with van der Waals surface area (Å²) in [5.41, 5.74) is 2.31. The van der Waals surface area contributed by atoms with Crippen molar-refractivity contribution in [3.8, 4) is 0 Å². The summed E-state index contributed by atoms with van der Waals surface area (Å²) in [4.78, 5) is 28.1. The average Bonchev–Trinajstić information content (AvgIpc) is 2.77. The Bertz CT molecular complexity index is 1090. The van der Waals surface area contributed by atoms with Crippen LogP contribution >= 0.6 is 15.9 Å². The van der Waals surface area contributed by atoms with E-state index in [-0.39, 0.29) is 18.4 Å². The number of anilines is 1. The number of carbonyl (C=O) groups is 2. The Morgan fingerprint density at radius 3 is 2.21 bits per heavy atom. The monoisotopic (exact) mass is 551 g/mol. The molecule has 7 nitrogen and oxygen atoms in total. The number of nitrogens with one attached hydrogen (secondary N) is 1. The molecule has 0 saturated heterocycles. The molecule has 1 N–H and O–H groups in total. The van der Waals surface area contributed by atoms with Crippen molar-refractivity contribution in [2.24, 2.45) is 5.92 Å². The van der Waals surface area contributed by atoms with Crippen LogP contribution < -0.4 is 9.62 Å². The second kappa shape index (κ2) is 12.4. The number of amides is 2. The maximum absolute atomic E-state index is 13.6. The van der Waals surface area contributed by atoms with Gasteiger partial charge in [0.15, 0.2) is 0 Å². The molecule has 2 aromatic rings. The molecule has 0 radical (unpaired) electrons. The fourth-order valence-corrected chi connectivity index (χ4v) is 4.96. The lowest BCUT2D eigenvalue weighted by molar-refractivity contribution is -0.140. The van der Waals surface area contributed by atoms with Gasteiger partial charge in [-0.05, 0) is 52.9 Å². The predicted molar refractivity (Wildman–Crippen MR) is 140 cm³/mol. The van der Waals surface area contributed by atoms with E-state index in [9.17, 15) is 18.0 Å². The standard InChI is InChI=1S/C25H34BrN3O4S/c1-6-22(25(31)27-15-18(2)3)28(16-20-13-11-19(4)12-14-20)24(30)17-29(34(5,32)33)23-10-8-7-9-21(23)26/h7-14,18,22H,6,15-17H2,1-5H3,(H,27,31)/t22-/m0/s1. The van der Waals surface area contributed by atoms with E-state index in [0.29, 0.717) is 23.1 Å².